The maximum Gasteiger partial charge on any atom is 0.315 e. The van der Waals surface area contributed by atoms with Crippen molar-refractivity contribution in [2.75, 3.05) is 13.2 Å². The molecular formula is C13H18N2O2. The molecule has 0 aliphatic rings. The number of urea groups is 1. The van der Waals surface area contributed by atoms with Gasteiger partial charge < -0.3 is 15.7 Å². The molecule has 2 amide bonds. The van der Waals surface area contributed by atoms with Crippen LogP contribution < -0.4 is 10.6 Å². The van der Waals surface area contributed by atoms with Gasteiger partial charge in [0.05, 0.1) is 6.04 Å². The smallest absolute Gasteiger partial charge is 0.315 e. The van der Waals surface area contributed by atoms with Crippen molar-refractivity contribution in [2.24, 2.45) is 0 Å². The zero-order valence-electron chi connectivity index (χ0n) is 9.73. The lowest BCUT2D eigenvalue weighted by atomic mass is 10.0. The molecule has 0 fully saturated rings. The van der Waals surface area contributed by atoms with Crippen LogP contribution in [0.1, 0.15) is 18.0 Å². The van der Waals surface area contributed by atoms with Crippen molar-refractivity contribution in [1.82, 2.24) is 10.6 Å². The Balaban J connectivity index is 2.60. The number of aliphatic hydroxyl groups excluding tert-OH is 1. The Morgan fingerprint density at radius 1 is 1.41 bits per heavy atom. The SMILES string of the molecule is C=CCNC(=O)N[C@H](CCO)c1ccccc1. The van der Waals surface area contributed by atoms with E-state index in [0.29, 0.717) is 13.0 Å². The first-order valence-corrected chi connectivity index (χ1v) is 5.59. The summed E-state index contributed by atoms with van der Waals surface area (Å²) in [5.41, 5.74) is 0.982. The molecule has 92 valence electrons. The van der Waals surface area contributed by atoms with Gasteiger partial charge in [0.15, 0.2) is 0 Å². The first-order chi connectivity index (χ1) is 8.27. The van der Waals surface area contributed by atoms with Gasteiger partial charge in [-0.3, -0.25) is 0 Å². The maximum absolute atomic E-state index is 11.5. The van der Waals surface area contributed by atoms with E-state index in [4.69, 9.17) is 5.11 Å². The fourth-order valence-electron chi connectivity index (χ4n) is 1.51. The van der Waals surface area contributed by atoms with Crippen LogP contribution >= 0.6 is 0 Å². The van der Waals surface area contributed by atoms with Crippen molar-refractivity contribution in [3.63, 3.8) is 0 Å². The Morgan fingerprint density at radius 3 is 2.71 bits per heavy atom. The molecule has 1 aromatic rings. The standard InChI is InChI=1S/C13H18N2O2/c1-2-9-14-13(17)15-12(8-10-16)11-6-4-3-5-7-11/h2-7,12,16H,1,8-10H2,(H2,14,15,17)/t12-/m1/s1. The summed E-state index contributed by atoms with van der Waals surface area (Å²) < 4.78 is 0. The number of amides is 2. The van der Waals surface area contributed by atoms with Crippen LogP contribution in [0, 0.1) is 0 Å². The molecule has 0 aromatic heterocycles. The summed E-state index contributed by atoms with van der Waals surface area (Å²) in [5, 5.41) is 14.5. The number of hydrogen-bond acceptors (Lipinski definition) is 2. The topological polar surface area (TPSA) is 61.4 Å². The zero-order valence-corrected chi connectivity index (χ0v) is 9.73. The van der Waals surface area contributed by atoms with Crippen LogP contribution in [0.25, 0.3) is 0 Å². The Hall–Kier alpha value is -1.81. The van der Waals surface area contributed by atoms with Gasteiger partial charge in [0.1, 0.15) is 0 Å². The van der Waals surface area contributed by atoms with E-state index in [2.05, 4.69) is 17.2 Å². The molecule has 0 aliphatic heterocycles. The third kappa shape index (κ3) is 4.70. The molecular weight excluding hydrogens is 216 g/mol. The van der Waals surface area contributed by atoms with Gasteiger partial charge in [0.25, 0.3) is 0 Å². The molecule has 0 heterocycles. The van der Waals surface area contributed by atoms with E-state index in [1.54, 1.807) is 6.08 Å². The third-order valence-corrected chi connectivity index (χ3v) is 2.33. The van der Waals surface area contributed by atoms with E-state index in [1.165, 1.54) is 0 Å². The molecule has 0 radical (unpaired) electrons. The highest BCUT2D eigenvalue weighted by Crippen LogP contribution is 2.15. The minimum absolute atomic E-state index is 0.0291. The lowest BCUT2D eigenvalue weighted by molar-refractivity contribution is 0.230. The second-order valence-electron chi connectivity index (χ2n) is 3.62. The van der Waals surface area contributed by atoms with Gasteiger partial charge in [-0.15, -0.1) is 6.58 Å². The molecule has 1 rings (SSSR count). The summed E-state index contributed by atoms with van der Waals surface area (Å²) in [5.74, 6) is 0. The summed E-state index contributed by atoms with van der Waals surface area (Å²) in [6, 6.07) is 9.14. The Bertz CT molecular complexity index is 352. The van der Waals surface area contributed by atoms with E-state index < -0.39 is 0 Å². The number of hydrogen-bond donors (Lipinski definition) is 3. The molecule has 4 nitrogen and oxygen atoms in total. The maximum atomic E-state index is 11.5. The predicted molar refractivity (Wildman–Crippen MR) is 67.6 cm³/mol. The largest absolute Gasteiger partial charge is 0.396 e. The predicted octanol–water partition coefficient (Wildman–Crippen LogP) is 1.60. The summed E-state index contributed by atoms with van der Waals surface area (Å²) in [6.45, 7) is 3.98. The second-order valence-corrected chi connectivity index (χ2v) is 3.62. The number of rotatable bonds is 6. The highest BCUT2D eigenvalue weighted by Gasteiger charge is 2.12. The van der Waals surface area contributed by atoms with Gasteiger partial charge in [-0.1, -0.05) is 36.4 Å². The fraction of sp³-hybridized carbons (Fsp3) is 0.308. The molecule has 4 heteroatoms. The Labute approximate surface area is 101 Å². The molecule has 17 heavy (non-hydrogen) atoms. The molecule has 3 N–H and O–H groups in total. The summed E-state index contributed by atoms with van der Waals surface area (Å²) in [7, 11) is 0. The Morgan fingerprint density at radius 2 is 2.12 bits per heavy atom. The Kier molecular flexibility index (Phi) is 5.82. The quantitative estimate of drug-likeness (QED) is 0.655. The van der Waals surface area contributed by atoms with Crippen molar-refractivity contribution in [3.05, 3.63) is 48.6 Å². The van der Waals surface area contributed by atoms with E-state index >= 15 is 0 Å². The highest BCUT2D eigenvalue weighted by atomic mass is 16.3. The molecule has 0 unspecified atom stereocenters. The lowest BCUT2D eigenvalue weighted by Gasteiger charge is -2.18. The number of carbonyl (C=O) groups excluding carboxylic acids is 1. The zero-order chi connectivity index (χ0) is 12.5. The van der Waals surface area contributed by atoms with E-state index in [1.807, 2.05) is 30.3 Å². The number of aliphatic hydroxyl groups is 1. The minimum Gasteiger partial charge on any atom is -0.396 e. The molecule has 1 aromatic carbocycles. The second kappa shape index (κ2) is 7.46. The summed E-state index contributed by atoms with van der Waals surface area (Å²) >= 11 is 0. The first-order valence-electron chi connectivity index (χ1n) is 5.59. The average Bonchev–Trinajstić information content (AvgIpc) is 2.37. The average molecular weight is 234 g/mol. The minimum atomic E-state index is -0.257. The van der Waals surface area contributed by atoms with Crippen molar-refractivity contribution in [1.29, 1.82) is 0 Å². The van der Waals surface area contributed by atoms with Gasteiger partial charge in [0, 0.05) is 13.2 Å². The van der Waals surface area contributed by atoms with E-state index in [-0.39, 0.29) is 18.7 Å². The number of carbonyl (C=O) groups is 1. The number of benzene rings is 1. The van der Waals surface area contributed by atoms with Crippen LogP contribution in [0.2, 0.25) is 0 Å². The van der Waals surface area contributed by atoms with Crippen molar-refractivity contribution in [2.45, 2.75) is 12.5 Å². The van der Waals surface area contributed by atoms with Crippen LogP contribution in [-0.2, 0) is 0 Å². The molecule has 0 bridgehead atoms. The van der Waals surface area contributed by atoms with Crippen molar-refractivity contribution in [3.8, 4) is 0 Å². The van der Waals surface area contributed by atoms with Crippen LogP contribution in [0.5, 0.6) is 0 Å². The van der Waals surface area contributed by atoms with Gasteiger partial charge in [-0.05, 0) is 12.0 Å². The van der Waals surface area contributed by atoms with Gasteiger partial charge in [-0.2, -0.15) is 0 Å². The summed E-state index contributed by atoms with van der Waals surface area (Å²) in [6.07, 6.45) is 2.11. The van der Waals surface area contributed by atoms with E-state index in [9.17, 15) is 4.79 Å². The van der Waals surface area contributed by atoms with Crippen LogP contribution in [0.4, 0.5) is 4.79 Å². The van der Waals surface area contributed by atoms with Crippen molar-refractivity contribution < 1.29 is 9.90 Å². The van der Waals surface area contributed by atoms with Gasteiger partial charge in [-0.25, -0.2) is 4.79 Å². The molecule has 1 atom stereocenters. The van der Waals surface area contributed by atoms with Crippen molar-refractivity contribution >= 4 is 6.03 Å². The first kappa shape index (κ1) is 13.3. The van der Waals surface area contributed by atoms with Crippen LogP contribution in [-0.4, -0.2) is 24.3 Å². The fourth-order valence-corrected chi connectivity index (χ4v) is 1.51. The summed E-state index contributed by atoms with van der Waals surface area (Å²) in [4.78, 5) is 11.5. The molecule has 0 spiro atoms. The molecule has 0 saturated heterocycles. The normalized spacial score (nSPS) is 11.6. The molecule has 0 saturated carbocycles. The van der Waals surface area contributed by atoms with Gasteiger partial charge in [0.2, 0.25) is 0 Å². The third-order valence-electron chi connectivity index (χ3n) is 2.33. The highest BCUT2D eigenvalue weighted by molar-refractivity contribution is 5.74. The van der Waals surface area contributed by atoms with Crippen LogP contribution in [0.3, 0.4) is 0 Å². The van der Waals surface area contributed by atoms with Crippen LogP contribution in [0.15, 0.2) is 43.0 Å². The van der Waals surface area contributed by atoms with Gasteiger partial charge >= 0.3 is 6.03 Å². The monoisotopic (exact) mass is 234 g/mol. The lowest BCUT2D eigenvalue weighted by Crippen LogP contribution is -2.38. The van der Waals surface area contributed by atoms with E-state index in [0.717, 1.165) is 5.56 Å². The number of nitrogens with one attached hydrogen (secondary N) is 2. The molecule has 0 aliphatic carbocycles.